The SMILES string of the molecule is CCCC(CC)Nc1nc[nH]c(=O)c1Cl. The van der Waals surface area contributed by atoms with Gasteiger partial charge in [0.25, 0.3) is 5.56 Å². The van der Waals surface area contributed by atoms with Gasteiger partial charge in [-0.05, 0) is 12.8 Å². The van der Waals surface area contributed by atoms with Crippen molar-refractivity contribution in [3.05, 3.63) is 21.7 Å². The maximum Gasteiger partial charge on any atom is 0.271 e. The zero-order chi connectivity index (χ0) is 11.3. The summed E-state index contributed by atoms with van der Waals surface area (Å²) in [6, 6.07) is 0.321. The van der Waals surface area contributed by atoms with Crippen molar-refractivity contribution < 1.29 is 0 Å². The Hall–Kier alpha value is -1.03. The number of H-pyrrole nitrogens is 1. The highest BCUT2D eigenvalue weighted by molar-refractivity contribution is 6.32. The molecule has 1 aromatic heterocycles. The van der Waals surface area contributed by atoms with Crippen LogP contribution in [-0.4, -0.2) is 16.0 Å². The van der Waals surface area contributed by atoms with E-state index in [1.807, 2.05) is 0 Å². The number of aromatic amines is 1. The number of aromatic nitrogens is 2. The lowest BCUT2D eigenvalue weighted by Crippen LogP contribution is -2.21. The highest BCUT2D eigenvalue weighted by Crippen LogP contribution is 2.16. The smallest absolute Gasteiger partial charge is 0.271 e. The Labute approximate surface area is 94.1 Å². The average Bonchev–Trinajstić information content (AvgIpc) is 2.24. The molecule has 1 rings (SSSR count). The quantitative estimate of drug-likeness (QED) is 0.815. The van der Waals surface area contributed by atoms with Gasteiger partial charge in [0.1, 0.15) is 5.02 Å². The molecule has 5 heteroatoms. The summed E-state index contributed by atoms with van der Waals surface area (Å²) in [5.74, 6) is 0.473. The van der Waals surface area contributed by atoms with Crippen molar-refractivity contribution in [3.8, 4) is 0 Å². The molecule has 2 N–H and O–H groups in total. The molecule has 15 heavy (non-hydrogen) atoms. The zero-order valence-corrected chi connectivity index (χ0v) is 9.77. The van der Waals surface area contributed by atoms with Gasteiger partial charge in [0.05, 0.1) is 6.33 Å². The van der Waals surface area contributed by atoms with Crippen LogP contribution in [0.25, 0.3) is 0 Å². The van der Waals surface area contributed by atoms with E-state index in [9.17, 15) is 4.79 Å². The lowest BCUT2D eigenvalue weighted by Gasteiger charge is -2.16. The Morgan fingerprint density at radius 3 is 2.93 bits per heavy atom. The molecule has 0 radical (unpaired) electrons. The van der Waals surface area contributed by atoms with Crippen LogP contribution in [0.5, 0.6) is 0 Å². The minimum atomic E-state index is -0.305. The van der Waals surface area contributed by atoms with Crippen LogP contribution in [0.3, 0.4) is 0 Å². The van der Waals surface area contributed by atoms with Crippen LogP contribution in [-0.2, 0) is 0 Å². The summed E-state index contributed by atoms with van der Waals surface area (Å²) >= 11 is 5.83. The van der Waals surface area contributed by atoms with Gasteiger partial charge in [0.2, 0.25) is 0 Å². The van der Waals surface area contributed by atoms with Gasteiger partial charge in [-0.15, -0.1) is 0 Å². The van der Waals surface area contributed by atoms with Crippen LogP contribution in [0.4, 0.5) is 5.82 Å². The van der Waals surface area contributed by atoms with Crippen LogP contribution >= 0.6 is 11.6 Å². The van der Waals surface area contributed by atoms with E-state index in [-0.39, 0.29) is 10.6 Å². The Morgan fingerprint density at radius 1 is 1.60 bits per heavy atom. The monoisotopic (exact) mass is 229 g/mol. The molecule has 0 spiro atoms. The zero-order valence-electron chi connectivity index (χ0n) is 9.01. The summed E-state index contributed by atoms with van der Waals surface area (Å²) in [6.07, 6.45) is 4.47. The largest absolute Gasteiger partial charge is 0.366 e. The molecule has 84 valence electrons. The molecule has 0 aliphatic rings. The molecular weight excluding hydrogens is 214 g/mol. The van der Waals surface area contributed by atoms with Crippen molar-refractivity contribution in [1.29, 1.82) is 0 Å². The average molecular weight is 230 g/mol. The highest BCUT2D eigenvalue weighted by atomic mass is 35.5. The molecule has 1 unspecified atom stereocenters. The number of hydrogen-bond donors (Lipinski definition) is 2. The van der Waals surface area contributed by atoms with Gasteiger partial charge >= 0.3 is 0 Å². The summed E-state index contributed by atoms with van der Waals surface area (Å²) in [6.45, 7) is 4.21. The number of hydrogen-bond acceptors (Lipinski definition) is 3. The molecule has 0 saturated heterocycles. The van der Waals surface area contributed by atoms with E-state index in [4.69, 9.17) is 11.6 Å². The van der Waals surface area contributed by atoms with E-state index < -0.39 is 0 Å². The number of anilines is 1. The van der Waals surface area contributed by atoms with Gasteiger partial charge in [0.15, 0.2) is 5.82 Å². The fourth-order valence-corrected chi connectivity index (χ4v) is 1.56. The van der Waals surface area contributed by atoms with Crippen LogP contribution in [0, 0.1) is 0 Å². The van der Waals surface area contributed by atoms with E-state index >= 15 is 0 Å². The van der Waals surface area contributed by atoms with Crippen molar-refractivity contribution >= 4 is 17.4 Å². The Morgan fingerprint density at radius 2 is 2.33 bits per heavy atom. The van der Waals surface area contributed by atoms with Gasteiger partial charge in [-0.2, -0.15) is 0 Å². The van der Waals surface area contributed by atoms with Crippen molar-refractivity contribution in [2.24, 2.45) is 0 Å². The summed E-state index contributed by atoms with van der Waals surface area (Å²) in [5, 5.41) is 3.31. The van der Waals surface area contributed by atoms with Crippen molar-refractivity contribution in [3.63, 3.8) is 0 Å². The van der Waals surface area contributed by atoms with Gasteiger partial charge < -0.3 is 10.3 Å². The third-order valence-electron chi connectivity index (χ3n) is 2.27. The first kappa shape index (κ1) is 12.0. The third kappa shape index (κ3) is 3.23. The molecule has 1 aromatic rings. The molecule has 0 fully saturated rings. The van der Waals surface area contributed by atoms with Crippen LogP contribution in [0.15, 0.2) is 11.1 Å². The van der Waals surface area contributed by atoms with Crippen LogP contribution < -0.4 is 10.9 Å². The van der Waals surface area contributed by atoms with Gasteiger partial charge in [-0.3, -0.25) is 4.79 Å². The van der Waals surface area contributed by atoms with Crippen molar-refractivity contribution in [2.75, 3.05) is 5.32 Å². The normalized spacial score (nSPS) is 12.5. The maximum absolute atomic E-state index is 11.2. The predicted octanol–water partition coefficient (Wildman–Crippen LogP) is 2.41. The lowest BCUT2D eigenvalue weighted by atomic mass is 10.1. The molecule has 1 heterocycles. The number of nitrogens with zero attached hydrogens (tertiary/aromatic N) is 1. The van der Waals surface area contributed by atoms with Gasteiger partial charge in [-0.1, -0.05) is 31.9 Å². The standard InChI is InChI=1S/C10H16ClN3O/c1-3-5-7(4-2)14-9-8(11)10(15)13-6-12-9/h6-7H,3-5H2,1-2H3,(H2,12,13,14,15). The Bertz CT molecular complexity index is 364. The second-order valence-corrected chi connectivity index (χ2v) is 3.81. The summed E-state index contributed by atoms with van der Waals surface area (Å²) in [4.78, 5) is 17.6. The third-order valence-corrected chi connectivity index (χ3v) is 2.62. The number of halogens is 1. The van der Waals surface area contributed by atoms with Gasteiger partial charge in [-0.25, -0.2) is 4.98 Å². The summed E-state index contributed by atoms with van der Waals surface area (Å²) < 4.78 is 0. The van der Waals surface area contributed by atoms with E-state index in [1.54, 1.807) is 0 Å². The molecule has 0 bridgehead atoms. The molecule has 0 saturated carbocycles. The highest BCUT2D eigenvalue weighted by Gasteiger charge is 2.10. The topological polar surface area (TPSA) is 57.8 Å². The van der Waals surface area contributed by atoms with Crippen molar-refractivity contribution in [1.82, 2.24) is 9.97 Å². The van der Waals surface area contributed by atoms with E-state index in [2.05, 4.69) is 29.1 Å². The molecule has 4 nitrogen and oxygen atoms in total. The molecule has 0 amide bonds. The number of rotatable bonds is 5. The van der Waals surface area contributed by atoms with Crippen LogP contribution in [0.1, 0.15) is 33.1 Å². The van der Waals surface area contributed by atoms with Crippen molar-refractivity contribution in [2.45, 2.75) is 39.2 Å². The minimum absolute atomic E-state index is 0.132. The van der Waals surface area contributed by atoms with Gasteiger partial charge in [0, 0.05) is 6.04 Å². The predicted molar refractivity (Wildman–Crippen MR) is 62.5 cm³/mol. The fraction of sp³-hybridized carbons (Fsp3) is 0.600. The first-order chi connectivity index (χ1) is 7.19. The Balaban J connectivity index is 2.79. The molecule has 0 aliphatic heterocycles. The minimum Gasteiger partial charge on any atom is -0.366 e. The summed E-state index contributed by atoms with van der Waals surface area (Å²) in [7, 11) is 0. The van der Waals surface area contributed by atoms with E-state index in [1.165, 1.54) is 6.33 Å². The molecule has 0 aliphatic carbocycles. The first-order valence-corrected chi connectivity index (χ1v) is 5.56. The van der Waals surface area contributed by atoms with E-state index in [0.717, 1.165) is 19.3 Å². The number of nitrogens with one attached hydrogen (secondary N) is 2. The second-order valence-electron chi connectivity index (χ2n) is 3.43. The molecule has 0 aromatic carbocycles. The lowest BCUT2D eigenvalue weighted by molar-refractivity contribution is 0.620. The second kappa shape index (κ2) is 5.75. The van der Waals surface area contributed by atoms with E-state index in [0.29, 0.717) is 11.9 Å². The fourth-order valence-electron chi connectivity index (χ4n) is 1.40. The van der Waals surface area contributed by atoms with Crippen LogP contribution in [0.2, 0.25) is 5.02 Å². The first-order valence-electron chi connectivity index (χ1n) is 5.18. The summed E-state index contributed by atoms with van der Waals surface area (Å²) in [5.41, 5.74) is -0.305. The maximum atomic E-state index is 11.2. The Kier molecular flexibility index (Phi) is 4.62. The molecule has 1 atom stereocenters. The molecular formula is C10H16ClN3O.